The molecule has 8 heteroatoms. The number of carbonyl (C=O) groups excluding carboxylic acids is 2. The van der Waals surface area contributed by atoms with Crippen molar-refractivity contribution in [1.82, 2.24) is 15.3 Å². The second-order valence-electron chi connectivity index (χ2n) is 7.23. The van der Waals surface area contributed by atoms with E-state index in [4.69, 9.17) is 4.42 Å². The lowest BCUT2D eigenvalue weighted by atomic mass is 10.1. The number of aromatic nitrogens is 2. The van der Waals surface area contributed by atoms with Gasteiger partial charge < -0.3 is 15.1 Å². The van der Waals surface area contributed by atoms with Crippen LogP contribution < -0.4 is 10.6 Å². The van der Waals surface area contributed by atoms with Crippen LogP contribution in [0.3, 0.4) is 0 Å². The molecular weight excluding hydrogens is 424 g/mol. The van der Waals surface area contributed by atoms with E-state index in [0.717, 1.165) is 16.5 Å². The summed E-state index contributed by atoms with van der Waals surface area (Å²) in [4.78, 5) is 33.0. The normalized spacial score (nSPS) is 11.8. The number of para-hydroxylation sites is 1. The highest BCUT2D eigenvalue weighted by Gasteiger charge is 2.22. The molecule has 0 aliphatic carbocycles. The summed E-state index contributed by atoms with van der Waals surface area (Å²) in [5, 5.41) is 7.29. The molecule has 0 saturated carbocycles. The minimum Gasteiger partial charge on any atom is -0.451 e. The van der Waals surface area contributed by atoms with Crippen molar-refractivity contribution in [2.45, 2.75) is 30.8 Å². The maximum atomic E-state index is 13.2. The number of nitrogens with zero attached hydrogens (tertiary/aromatic N) is 2. The summed E-state index contributed by atoms with van der Waals surface area (Å²) in [6.07, 6.45) is 3.38. The Morgan fingerprint density at radius 3 is 2.62 bits per heavy atom. The first-order valence-electron chi connectivity index (χ1n) is 10.1. The van der Waals surface area contributed by atoms with Gasteiger partial charge in [0.05, 0.1) is 6.04 Å². The number of amides is 2. The van der Waals surface area contributed by atoms with Crippen molar-refractivity contribution in [3.63, 3.8) is 0 Å². The molecule has 0 aliphatic rings. The average molecular weight is 447 g/mol. The van der Waals surface area contributed by atoms with Crippen LogP contribution in [0.5, 0.6) is 0 Å². The van der Waals surface area contributed by atoms with Crippen LogP contribution in [0.1, 0.15) is 41.6 Å². The van der Waals surface area contributed by atoms with Gasteiger partial charge in [0.1, 0.15) is 5.58 Å². The van der Waals surface area contributed by atoms with E-state index >= 15 is 0 Å². The first kappa shape index (κ1) is 21.6. The lowest BCUT2D eigenvalue weighted by Gasteiger charge is -2.15. The molecule has 4 rings (SSSR count). The van der Waals surface area contributed by atoms with Gasteiger partial charge in [-0.25, -0.2) is 9.97 Å². The van der Waals surface area contributed by atoms with Crippen molar-refractivity contribution in [2.24, 2.45) is 0 Å². The molecule has 2 heterocycles. The van der Waals surface area contributed by atoms with Crippen LogP contribution in [0.4, 0.5) is 5.69 Å². The second-order valence-corrected chi connectivity index (χ2v) is 8.17. The molecule has 0 radical (unpaired) electrons. The van der Waals surface area contributed by atoms with Crippen LogP contribution in [0, 0.1) is 0 Å². The first-order valence-corrected chi connectivity index (χ1v) is 11.1. The van der Waals surface area contributed by atoms with E-state index in [0.29, 0.717) is 22.2 Å². The Morgan fingerprint density at radius 2 is 1.84 bits per heavy atom. The summed E-state index contributed by atoms with van der Waals surface area (Å²) in [7, 11) is 0. The maximum Gasteiger partial charge on any atom is 0.287 e. The number of thioether (sulfide) groups is 1. The van der Waals surface area contributed by atoms with E-state index in [-0.39, 0.29) is 23.6 Å². The highest BCUT2D eigenvalue weighted by molar-refractivity contribution is 7.98. The molecule has 1 unspecified atom stereocenters. The molecule has 32 heavy (non-hydrogen) atoms. The summed E-state index contributed by atoms with van der Waals surface area (Å²) in [6, 6.07) is 16.4. The summed E-state index contributed by atoms with van der Waals surface area (Å²) in [5.41, 5.74) is 3.01. The number of fused-ring (bicyclic) bond motifs is 1. The van der Waals surface area contributed by atoms with Crippen molar-refractivity contribution < 1.29 is 14.0 Å². The van der Waals surface area contributed by atoms with Gasteiger partial charge in [0.25, 0.3) is 5.91 Å². The van der Waals surface area contributed by atoms with E-state index in [1.807, 2.05) is 49.4 Å². The third kappa shape index (κ3) is 4.97. The van der Waals surface area contributed by atoms with Crippen molar-refractivity contribution in [3.05, 3.63) is 83.9 Å². The zero-order valence-corrected chi connectivity index (χ0v) is 18.5. The van der Waals surface area contributed by atoms with E-state index in [1.165, 1.54) is 18.7 Å². The molecule has 0 spiro atoms. The minimum absolute atomic E-state index is 0.148. The van der Waals surface area contributed by atoms with Gasteiger partial charge in [-0.05, 0) is 36.8 Å². The Balaban J connectivity index is 1.57. The molecule has 4 aromatic rings. The highest BCUT2D eigenvalue weighted by Crippen LogP contribution is 2.31. The molecule has 162 valence electrons. The molecule has 1 atom stereocenters. The van der Waals surface area contributed by atoms with Crippen molar-refractivity contribution in [2.75, 3.05) is 5.32 Å². The monoisotopic (exact) mass is 446 g/mol. The van der Waals surface area contributed by atoms with Crippen LogP contribution in [-0.2, 0) is 10.5 Å². The second kappa shape index (κ2) is 9.65. The van der Waals surface area contributed by atoms with Crippen LogP contribution in [0.2, 0.25) is 0 Å². The molecule has 0 aliphatic heterocycles. The van der Waals surface area contributed by atoms with Crippen LogP contribution >= 0.6 is 11.8 Å². The number of nitrogens with one attached hydrogen (secondary N) is 2. The van der Waals surface area contributed by atoms with E-state index in [1.54, 1.807) is 24.5 Å². The lowest BCUT2D eigenvalue weighted by molar-refractivity contribution is -0.114. The fourth-order valence-corrected chi connectivity index (χ4v) is 4.19. The predicted molar refractivity (Wildman–Crippen MR) is 124 cm³/mol. The summed E-state index contributed by atoms with van der Waals surface area (Å²) in [6.45, 7) is 3.35. The number of furan rings is 1. The maximum absolute atomic E-state index is 13.2. The van der Waals surface area contributed by atoms with Crippen LogP contribution in [-0.4, -0.2) is 21.8 Å². The molecule has 2 aromatic carbocycles. The first-order chi connectivity index (χ1) is 15.5. The largest absolute Gasteiger partial charge is 0.451 e. The summed E-state index contributed by atoms with van der Waals surface area (Å²) in [5.74, 6) is 0.323. The molecule has 2 aromatic heterocycles. The fraction of sp³-hybridized carbons (Fsp3) is 0.167. The summed E-state index contributed by atoms with van der Waals surface area (Å²) >= 11 is 1.45. The smallest absolute Gasteiger partial charge is 0.287 e. The molecule has 0 saturated heterocycles. The van der Waals surface area contributed by atoms with Crippen LogP contribution in [0.15, 0.2) is 76.6 Å². The van der Waals surface area contributed by atoms with Gasteiger partial charge in [0, 0.05) is 41.7 Å². The van der Waals surface area contributed by atoms with Crippen molar-refractivity contribution >= 4 is 40.2 Å². The number of benzene rings is 2. The van der Waals surface area contributed by atoms with Gasteiger partial charge in [0.2, 0.25) is 5.91 Å². The van der Waals surface area contributed by atoms with Gasteiger partial charge in [-0.15, -0.1) is 0 Å². The van der Waals surface area contributed by atoms with Crippen molar-refractivity contribution in [1.29, 1.82) is 0 Å². The van der Waals surface area contributed by atoms with E-state index in [2.05, 4.69) is 20.6 Å². The topological polar surface area (TPSA) is 97.1 Å². The number of anilines is 1. The molecule has 0 fully saturated rings. The number of rotatable bonds is 7. The zero-order chi connectivity index (χ0) is 22.5. The Kier molecular flexibility index (Phi) is 6.51. The molecule has 2 N–H and O–H groups in total. The van der Waals surface area contributed by atoms with E-state index < -0.39 is 0 Å². The molecule has 7 nitrogen and oxygen atoms in total. The SMILES string of the molecule is CC(=O)Nc1cccc(C(C)NC(=O)c2oc3ccccc3c2CSc2ncccn2)c1. The third-order valence-electron chi connectivity index (χ3n) is 4.85. The van der Waals surface area contributed by atoms with Crippen LogP contribution in [0.25, 0.3) is 11.0 Å². The van der Waals surface area contributed by atoms with Gasteiger partial charge in [-0.2, -0.15) is 0 Å². The van der Waals surface area contributed by atoms with E-state index in [9.17, 15) is 9.59 Å². The molecule has 2 amide bonds. The van der Waals surface area contributed by atoms with Gasteiger partial charge in [0.15, 0.2) is 10.9 Å². The molecule has 0 bridgehead atoms. The Bertz CT molecular complexity index is 1260. The Hall–Kier alpha value is -3.65. The minimum atomic E-state index is -0.303. The Labute approximate surface area is 189 Å². The number of carbonyl (C=O) groups is 2. The standard InChI is InChI=1S/C24H22N4O3S/c1-15(17-7-5-8-18(13-17)28-16(2)29)27-23(30)22-20(14-32-24-25-11-6-12-26-24)19-9-3-4-10-21(19)31-22/h3-13,15H,14H2,1-2H3,(H,27,30)(H,28,29). The highest BCUT2D eigenvalue weighted by atomic mass is 32.2. The van der Waals surface area contributed by atoms with Gasteiger partial charge in [-0.1, -0.05) is 42.1 Å². The zero-order valence-electron chi connectivity index (χ0n) is 17.7. The number of hydrogen-bond donors (Lipinski definition) is 2. The van der Waals surface area contributed by atoms with Gasteiger partial charge in [-0.3, -0.25) is 9.59 Å². The quantitative estimate of drug-likeness (QED) is 0.307. The Morgan fingerprint density at radius 1 is 1.06 bits per heavy atom. The molecular formula is C24H22N4O3S. The fourth-order valence-electron chi connectivity index (χ4n) is 3.36. The third-order valence-corrected chi connectivity index (χ3v) is 5.75. The average Bonchev–Trinajstić information content (AvgIpc) is 3.17. The van der Waals surface area contributed by atoms with Gasteiger partial charge >= 0.3 is 0 Å². The van der Waals surface area contributed by atoms with Crippen molar-refractivity contribution in [3.8, 4) is 0 Å². The summed E-state index contributed by atoms with van der Waals surface area (Å²) < 4.78 is 5.94. The predicted octanol–water partition coefficient (Wildman–Crippen LogP) is 4.96. The lowest BCUT2D eigenvalue weighted by Crippen LogP contribution is -2.27. The number of hydrogen-bond acceptors (Lipinski definition) is 6.